The van der Waals surface area contributed by atoms with Crippen LogP contribution in [0.25, 0.3) is 0 Å². The van der Waals surface area contributed by atoms with Crippen LogP contribution in [0.4, 0.5) is 0 Å². The number of nitrogens with zero attached hydrogens (tertiary/aromatic N) is 2. The minimum atomic E-state index is -3.67. The predicted molar refractivity (Wildman–Crippen MR) is 91.2 cm³/mol. The van der Waals surface area contributed by atoms with Crippen LogP contribution in [0.3, 0.4) is 0 Å². The summed E-state index contributed by atoms with van der Waals surface area (Å²) >= 11 is 0. The van der Waals surface area contributed by atoms with Crippen LogP contribution in [0, 0.1) is 0 Å². The molecule has 1 unspecified atom stereocenters. The lowest BCUT2D eigenvalue weighted by molar-refractivity contribution is 0.179. The van der Waals surface area contributed by atoms with Gasteiger partial charge in [-0.05, 0) is 24.6 Å². The van der Waals surface area contributed by atoms with Crippen LogP contribution in [0.15, 0.2) is 34.1 Å². The van der Waals surface area contributed by atoms with Gasteiger partial charge in [-0.3, -0.25) is 4.90 Å². The zero-order valence-electron chi connectivity index (χ0n) is 13.7. The maximum absolute atomic E-state index is 12.8. The third kappa shape index (κ3) is 3.65. The van der Waals surface area contributed by atoms with Crippen molar-refractivity contribution in [2.24, 2.45) is 0 Å². The van der Waals surface area contributed by atoms with Crippen molar-refractivity contribution in [1.29, 1.82) is 0 Å². The summed E-state index contributed by atoms with van der Waals surface area (Å²) in [5.74, 6) is 0. The second kappa shape index (κ2) is 6.72. The molecule has 1 N–H and O–H groups in total. The summed E-state index contributed by atoms with van der Waals surface area (Å²) in [5.41, 5.74) is 0. The first-order chi connectivity index (χ1) is 11.3. The number of sulfonamides is 1. The normalized spacial score (nSPS) is 24.3. The summed E-state index contributed by atoms with van der Waals surface area (Å²) in [6.07, 6.45) is 1.89. The molecule has 2 saturated heterocycles. The molecule has 2 fully saturated rings. The predicted octanol–water partition coefficient (Wildman–Crippen LogP) is -0.242. The van der Waals surface area contributed by atoms with Gasteiger partial charge in [-0.1, -0.05) is 6.07 Å². The molecule has 0 spiro atoms. The van der Waals surface area contributed by atoms with Crippen molar-refractivity contribution in [2.45, 2.75) is 22.3 Å². The van der Waals surface area contributed by atoms with Crippen LogP contribution in [0.1, 0.15) is 6.42 Å². The maximum Gasteiger partial charge on any atom is 0.243 e. The Hall–Kier alpha value is -1.00. The first-order valence-electron chi connectivity index (χ1n) is 8.03. The lowest BCUT2D eigenvalue weighted by Gasteiger charge is -2.32. The second-order valence-electron chi connectivity index (χ2n) is 6.34. The van der Waals surface area contributed by atoms with Crippen molar-refractivity contribution in [2.75, 3.05) is 45.5 Å². The molecule has 0 amide bonds. The standard InChI is InChI=1S/C15H23N3O4S2/c1-23(19,20)14-3-2-4-15(11-14)24(21,22)18-8-5-13(12-18)17-9-6-16-7-10-17/h2-4,11,13,16H,5-10,12H2,1H3. The van der Waals surface area contributed by atoms with Crippen LogP contribution in [0.2, 0.25) is 0 Å². The zero-order chi connectivity index (χ0) is 17.4. The fourth-order valence-corrected chi connectivity index (χ4v) is 5.57. The van der Waals surface area contributed by atoms with Crippen molar-refractivity contribution in [3.8, 4) is 0 Å². The average Bonchev–Trinajstić information content (AvgIpc) is 3.06. The Morgan fingerprint density at radius 1 is 1.04 bits per heavy atom. The smallest absolute Gasteiger partial charge is 0.243 e. The van der Waals surface area contributed by atoms with E-state index < -0.39 is 19.9 Å². The molecule has 0 bridgehead atoms. The van der Waals surface area contributed by atoms with E-state index >= 15 is 0 Å². The fraction of sp³-hybridized carbons (Fsp3) is 0.600. The Labute approximate surface area is 143 Å². The average molecular weight is 374 g/mol. The number of piperazine rings is 1. The largest absolute Gasteiger partial charge is 0.314 e. The van der Waals surface area contributed by atoms with E-state index in [1.54, 1.807) is 0 Å². The Kier molecular flexibility index (Phi) is 4.99. The first kappa shape index (κ1) is 17.8. The molecule has 134 valence electrons. The third-order valence-electron chi connectivity index (χ3n) is 4.67. The molecule has 2 aliphatic rings. The molecule has 2 aliphatic heterocycles. The van der Waals surface area contributed by atoms with E-state index in [0.717, 1.165) is 38.9 Å². The van der Waals surface area contributed by atoms with Crippen molar-refractivity contribution in [3.63, 3.8) is 0 Å². The quantitative estimate of drug-likeness (QED) is 0.784. The van der Waals surface area contributed by atoms with Crippen molar-refractivity contribution >= 4 is 19.9 Å². The molecule has 0 aliphatic carbocycles. The lowest BCUT2D eigenvalue weighted by atomic mass is 10.2. The van der Waals surface area contributed by atoms with Gasteiger partial charge < -0.3 is 5.32 Å². The van der Waals surface area contributed by atoms with Crippen LogP contribution < -0.4 is 5.32 Å². The zero-order valence-corrected chi connectivity index (χ0v) is 15.3. The molecule has 1 atom stereocenters. The highest BCUT2D eigenvalue weighted by atomic mass is 32.2. The van der Waals surface area contributed by atoms with Gasteiger partial charge in [0.25, 0.3) is 0 Å². The molecule has 0 radical (unpaired) electrons. The summed E-state index contributed by atoms with van der Waals surface area (Å²) in [6.45, 7) is 4.66. The van der Waals surface area contributed by atoms with Gasteiger partial charge in [0.2, 0.25) is 10.0 Å². The minimum absolute atomic E-state index is 0.0291. The highest BCUT2D eigenvalue weighted by Gasteiger charge is 2.35. The van der Waals surface area contributed by atoms with Gasteiger partial charge in [-0.25, -0.2) is 16.8 Å². The van der Waals surface area contributed by atoms with Crippen LogP contribution >= 0.6 is 0 Å². The van der Waals surface area contributed by atoms with Gasteiger partial charge in [0.1, 0.15) is 0 Å². The first-order valence-corrected chi connectivity index (χ1v) is 11.4. The minimum Gasteiger partial charge on any atom is -0.314 e. The molecule has 0 saturated carbocycles. The summed E-state index contributed by atoms with van der Waals surface area (Å²) in [6, 6.07) is 5.85. The fourth-order valence-electron chi connectivity index (χ4n) is 3.29. The molecular weight excluding hydrogens is 350 g/mol. The Balaban J connectivity index is 1.79. The number of sulfone groups is 1. The maximum atomic E-state index is 12.8. The molecule has 2 heterocycles. The molecule has 24 heavy (non-hydrogen) atoms. The van der Waals surface area contributed by atoms with Crippen molar-refractivity contribution in [3.05, 3.63) is 24.3 Å². The Bertz CT molecular complexity index is 802. The molecule has 9 heteroatoms. The van der Waals surface area contributed by atoms with Gasteiger partial charge in [0.05, 0.1) is 9.79 Å². The molecule has 3 rings (SSSR count). The Morgan fingerprint density at radius 3 is 2.38 bits per heavy atom. The van der Waals surface area contributed by atoms with Crippen molar-refractivity contribution in [1.82, 2.24) is 14.5 Å². The van der Waals surface area contributed by atoms with Gasteiger partial charge in [-0.15, -0.1) is 0 Å². The topological polar surface area (TPSA) is 86.8 Å². The summed E-state index contributed by atoms with van der Waals surface area (Å²) in [7, 11) is -7.10. The summed E-state index contributed by atoms with van der Waals surface area (Å²) in [5, 5.41) is 3.30. The van der Waals surface area contributed by atoms with Gasteiger partial charge in [0.15, 0.2) is 9.84 Å². The van der Waals surface area contributed by atoms with E-state index in [9.17, 15) is 16.8 Å². The molecule has 0 aromatic heterocycles. The number of benzene rings is 1. The SMILES string of the molecule is CS(=O)(=O)c1cccc(S(=O)(=O)N2CCC(N3CCNCC3)C2)c1. The number of hydrogen-bond donors (Lipinski definition) is 1. The highest BCUT2D eigenvalue weighted by molar-refractivity contribution is 7.91. The third-order valence-corrected chi connectivity index (χ3v) is 7.64. The van der Waals surface area contributed by atoms with Crippen molar-refractivity contribution < 1.29 is 16.8 Å². The molecular formula is C15H23N3O4S2. The Morgan fingerprint density at radius 2 is 1.71 bits per heavy atom. The summed E-state index contributed by atoms with van der Waals surface area (Å²) in [4.78, 5) is 2.41. The lowest BCUT2D eigenvalue weighted by Crippen LogP contribution is -2.49. The van der Waals surface area contributed by atoms with Crippen LogP contribution in [0.5, 0.6) is 0 Å². The van der Waals surface area contributed by atoms with E-state index in [1.807, 2.05) is 0 Å². The van der Waals surface area contributed by atoms with Crippen LogP contribution in [-0.4, -0.2) is 77.6 Å². The van der Waals surface area contributed by atoms with E-state index in [-0.39, 0.29) is 15.8 Å². The van der Waals surface area contributed by atoms with Gasteiger partial charge in [-0.2, -0.15) is 4.31 Å². The van der Waals surface area contributed by atoms with E-state index in [1.165, 1.54) is 28.6 Å². The second-order valence-corrected chi connectivity index (χ2v) is 10.3. The molecule has 1 aromatic rings. The van der Waals surface area contributed by atoms with E-state index in [2.05, 4.69) is 10.2 Å². The van der Waals surface area contributed by atoms with Gasteiger partial charge in [0, 0.05) is 51.6 Å². The highest BCUT2D eigenvalue weighted by Crippen LogP contribution is 2.25. The number of rotatable bonds is 4. The molecule has 1 aromatic carbocycles. The van der Waals surface area contributed by atoms with E-state index in [4.69, 9.17) is 0 Å². The van der Waals surface area contributed by atoms with Gasteiger partial charge >= 0.3 is 0 Å². The van der Waals surface area contributed by atoms with Crippen LogP contribution in [-0.2, 0) is 19.9 Å². The number of hydrogen-bond acceptors (Lipinski definition) is 6. The summed E-state index contributed by atoms with van der Waals surface area (Å²) < 4.78 is 50.5. The number of nitrogens with one attached hydrogen (secondary N) is 1. The van der Waals surface area contributed by atoms with E-state index in [0.29, 0.717) is 13.1 Å². The monoisotopic (exact) mass is 373 g/mol. The molecule has 7 nitrogen and oxygen atoms in total.